The van der Waals surface area contributed by atoms with Crippen molar-refractivity contribution in [2.45, 2.75) is 39.2 Å². The fraction of sp³-hybridized carbons (Fsp3) is 0.115. The number of hydrogen-bond acceptors (Lipinski definition) is 0. The number of para-hydroxylation sites is 2. The molecule has 0 aliphatic heterocycles. The molecule has 0 fully saturated rings. The summed E-state index contributed by atoms with van der Waals surface area (Å²) in [6.45, 7) is 4.58. The molecule has 0 radical (unpaired) electrons. The van der Waals surface area contributed by atoms with Crippen LogP contribution < -0.4 is 0 Å². The lowest BCUT2D eigenvalue weighted by Gasteiger charge is -2.20. The molecule has 2 heterocycles. The predicted molar refractivity (Wildman–Crippen MR) is 229 cm³/mol. The van der Waals surface area contributed by atoms with Crippen molar-refractivity contribution in [3.8, 4) is 39.1 Å². The lowest BCUT2D eigenvalue weighted by molar-refractivity contribution is 0.648. The monoisotopic (exact) mass is 692 g/mol. The first-order valence-corrected chi connectivity index (χ1v) is 19.4. The molecule has 2 aliphatic rings. The average Bonchev–Trinajstić information content (AvgIpc) is 3.88. The van der Waals surface area contributed by atoms with Crippen LogP contribution in [0.5, 0.6) is 0 Å². The smallest absolute Gasteiger partial charge is 0.0785 e. The highest BCUT2D eigenvalue weighted by atomic mass is 15.1. The summed E-state index contributed by atoms with van der Waals surface area (Å²) in [4.78, 5) is 0. The van der Waals surface area contributed by atoms with Crippen LogP contribution >= 0.6 is 0 Å². The van der Waals surface area contributed by atoms with Crippen LogP contribution in [0.1, 0.15) is 41.6 Å². The first-order chi connectivity index (χ1) is 26.7. The van der Waals surface area contributed by atoms with Gasteiger partial charge in [0.05, 0.1) is 22.6 Å². The van der Waals surface area contributed by atoms with Crippen molar-refractivity contribution in [3.05, 3.63) is 186 Å². The van der Waals surface area contributed by atoms with Gasteiger partial charge in [-0.15, -0.1) is 0 Å². The molecule has 11 rings (SSSR count). The van der Waals surface area contributed by atoms with Crippen molar-refractivity contribution < 1.29 is 0 Å². The molecule has 2 aliphatic carbocycles. The van der Waals surface area contributed by atoms with E-state index in [2.05, 4.69) is 187 Å². The summed E-state index contributed by atoms with van der Waals surface area (Å²) in [6.07, 6.45) is 12.0. The van der Waals surface area contributed by atoms with Crippen LogP contribution in [0.2, 0.25) is 0 Å². The highest BCUT2D eigenvalue weighted by Gasteiger charge is 2.24. The lowest BCUT2D eigenvalue weighted by atomic mass is 9.86. The summed E-state index contributed by atoms with van der Waals surface area (Å²) in [5, 5.41) is 5.18. The third kappa shape index (κ3) is 4.53. The van der Waals surface area contributed by atoms with Crippen LogP contribution in [0, 0.1) is 6.92 Å². The van der Waals surface area contributed by atoms with E-state index >= 15 is 0 Å². The Labute approximate surface area is 315 Å². The van der Waals surface area contributed by atoms with Gasteiger partial charge in [0.2, 0.25) is 0 Å². The molecule has 2 heteroatoms. The van der Waals surface area contributed by atoms with E-state index in [0.717, 1.165) is 19.3 Å². The van der Waals surface area contributed by atoms with E-state index in [1.54, 1.807) is 0 Å². The van der Waals surface area contributed by atoms with Crippen molar-refractivity contribution >= 4 is 43.6 Å². The largest absolute Gasteiger partial charge is 0.331 e. The Balaban J connectivity index is 1.13. The van der Waals surface area contributed by atoms with Crippen LogP contribution in [-0.4, -0.2) is 9.13 Å². The van der Waals surface area contributed by atoms with Crippen molar-refractivity contribution in [1.82, 2.24) is 9.13 Å². The fourth-order valence-electron chi connectivity index (χ4n) is 9.74. The minimum Gasteiger partial charge on any atom is -0.331 e. The molecule has 7 aromatic carbocycles. The third-order valence-corrected chi connectivity index (χ3v) is 12.2. The third-order valence-electron chi connectivity index (χ3n) is 12.2. The van der Waals surface area contributed by atoms with Crippen LogP contribution in [-0.2, 0) is 12.8 Å². The summed E-state index contributed by atoms with van der Waals surface area (Å²) < 4.78 is 5.13. The zero-order chi connectivity index (χ0) is 35.9. The number of hydrogen-bond donors (Lipinski definition) is 0. The topological polar surface area (TPSA) is 9.86 Å². The molecule has 0 saturated carbocycles. The van der Waals surface area contributed by atoms with Crippen molar-refractivity contribution in [2.24, 2.45) is 0 Å². The first-order valence-electron chi connectivity index (χ1n) is 19.4. The molecule has 2 aromatic heterocycles. The van der Waals surface area contributed by atoms with Gasteiger partial charge in [0.25, 0.3) is 0 Å². The van der Waals surface area contributed by atoms with Crippen molar-refractivity contribution in [2.75, 3.05) is 0 Å². The van der Waals surface area contributed by atoms with Gasteiger partial charge in [-0.3, -0.25) is 0 Å². The molecular formula is C52H40N2. The van der Waals surface area contributed by atoms with E-state index in [-0.39, 0.29) is 6.04 Å². The van der Waals surface area contributed by atoms with E-state index in [1.807, 2.05) is 0 Å². The van der Waals surface area contributed by atoms with Crippen LogP contribution in [0.25, 0.3) is 82.7 Å². The second kappa shape index (κ2) is 12.1. The van der Waals surface area contributed by atoms with Gasteiger partial charge in [-0.25, -0.2) is 0 Å². The highest BCUT2D eigenvalue weighted by Crippen LogP contribution is 2.45. The van der Waals surface area contributed by atoms with E-state index in [9.17, 15) is 0 Å². The summed E-state index contributed by atoms with van der Waals surface area (Å²) in [5.74, 6) is 0. The minimum atomic E-state index is 0.246. The van der Waals surface area contributed by atoms with Gasteiger partial charge in [-0.1, -0.05) is 146 Å². The molecule has 2 nitrogen and oxygen atoms in total. The van der Waals surface area contributed by atoms with Crippen LogP contribution in [0.4, 0.5) is 0 Å². The molecule has 0 amide bonds. The second-order valence-corrected chi connectivity index (χ2v) is 15.1. The fourth-order valence-corrected chi connectivity index (χ4v) is 9.74. The first kappa shape index (κ1) is 31.2. The summed E-state index contributed by atoms with van der Waals surface area (Å²) in [5.41, 5.74) is 19.8. The number of aromatic nitrogens is 2. The molecule has 54 heavy (non-hydrogen) atoms. The van der Waals surface area contributed by atoms with Crippen LogP contribution in [0.15, 0.2) is 164 Å². The van der Waals surface area contributed by atoms with E-state index in [0.29, 0.717) is 0 Å². The van der Waals surface area contributed by atoms with Crippen LogP contribution in [0.3, 0.4) is 0 Å². The van der Waals surface area contributed by atoms with Crippen molar-refractivity contribution in [3.63, 3.8) is 0 Å². The maximum atomic E-state index is 2.60. The molecule has 0 spiro atoms. The Morgan fingerprint density at radius 2 is 1.30 bits per heavy atom. The Morgan fingerprint density at radius 3 is 2.11 bits per heavy atom. The highest BCUT2D eigenvalue weighted by molar-refractivity contribution is 6.23. The van der Waals surface area contributed by atoms with Gasteiger partial charge < -0.3 is 9.13 Å². The number of benzene rings is 7. The Bertz CT molecular complexity index is 3050. The molecule has 258 valence electrons. The Hall–Kier alpha value is -6.38. The molecule has 0 saturated heterocycles. The number of fused-ring (bicyclic) bond motifs is 10. The molecule has 0 bridgehead atoms. The average molecular weight is 693 g/mol. The zero-order valence-electron chi connectivity index (χ0n) is 30.7. The van der Waals surface area contributed by atoms with Gasteiger partial charge in [0, 0.05) is 32.7 Å². The van der Waals surface area contributed by atoms with E-state index in [1.165, 1.54) is 105 Å². The normalized spacial score (nSPS) is 14.8. The van der Waals surface area contributed by atoms with Gasteiger partial charge in [-0.05, 0) is 106 Å². The van der Waals surface area contributed by atoms with Gasteiger partial charge in [-0.2, -0.15) is 0 Å². The summed E-state index contributed by atoms with van der Waals surface area (Å²) >= 11 is 0. The number of rotatable bonds is 5. The molecule has 1 unspecified atom stereocenters. The molecule has 9 aromatic rings. The van der Waals surface area contributed by atoms with Gasteiger partial charge >= 0.3 is 0 Å². The summed E-state index contributed by atoms with van der Waals surface area (Å²) in [6, 6.07) is 52.8. The lowest BCUT2D eigenvalue weighted by Crippen LogP contribution is -2.08. The molecular weight excluding hydrogens is 653 g/mol. The zero-order valence-corrected chi connectivity index (χ0v) is 30.7. The minimum absolute atomic E-state index is 0.246. The molecule has 1 atom stereocenters. The maximum absolute atomic E-state index is 2.60. The number of nitrogens with zero attached hydrogens (tertiary/aromatic N) is 2. The standard InChI is InChI=1S/C52H40N2/c1-3-34-15-13-21-43(36-24-26-42-37(32-36)31-35-14-7-8-18-41(35)42)50(34)40-27-25-39(30-33(40)2)54-49-23-12-10-20-45(49)47-29-28-46-44-19-9-11-22-48(44)53(51(46)52(47)54)38-16-5-4-6-17-38/h4-16,18-30,32,38H,3,17,31H2,1-2H3. The predicted octanol–water partition coefficient (Wildman–Crippen LogP) is 13.7. The number of aryl methyl sites for hydroxylation is 2. The summed E-state index contributed by atoms with van der Waals surface area (Å²) in [7, 11) is 0. The Kier molecular flexibility index (Phi) is 6.97. The second-order valence-electron chi connectivity index (χ2n) is 15.1. The quantitative estimate of drug-likeness (QED) is 0.170. The Morgan fingerprint density at radius 1 is 0.574 bits per heavy atom. The maximum Gasteiger partial charge on any atom is 0.0785 e. The SMILES string of the molecule is CCc1cccc(-c2ccc3c(c2)Cc2ccccc2-3)c1-c1ccc(-n2c3ccccc3c3ccc4c5ccccc5n(C5C=CC=CC5)c4c32)cc1C. The van der Waals surface area contributed by atoms with E-state index in [4.69, 9.17) is 0 Å². The number of allylic oxidation sites excluding steroid dienone is 4. The van der Waals surface area contributed by atoms with Crippen molar-refractivity contribution in [1.29, 1.82) is 0 Å². The molecule has 0 N–H and O–H groups in total. The van der Waals surface area contributed by atoms with Gasteiger partial charge in [0.1, 0.15) is 0 Å². The van der Waals surface area contributed by atoms with E-state index < -0.39 is 0 Å². The van der Waals surface area contributed by atoms with Gasteiger partial charge in [0.15, 0.2) is 0 Å².